The summed E-state index contributed by atoms with van der Waals surface area (Å²) in [4.78, 5) is 111. The molecule has 7 heterocycles. The minimum atomic E-state index is -2.52. The summed E-state index contributed by atoms with van der Waals surface area (Å²) in [7, 11) is 1.54. The Morgan fingerprint density at radius 3 is 2.18 bits per heavy atom. The minimum absolute atomic E-state index is 0.0200. The second-order valence-electron chi connectivity index (χ2n) is 31.3. The number of Topliss-reactive ketones (excluding diaryl/α,β-unsaturated/α-hetero) is 3. The van der Waals surface area contributed by atoms with E-state index in [0.717, 1.165) is 28.9 Å². The van der Waals surface area contributed by atoms with E-state index >= 15 is 0 Å². The van der Waals surface area contributed by atoms with Crippen LogP contribution in [0, 0.1) is 29.6 Å². The lowest BCUT2D eigenvalue weighted by Crippen LogP contribution is -2.61. The van der Waals surface area contributed by atoms with Crippen molar-refractivity contribution in [2.75, 3.05) is 111 Å². The Kier molecular flexibility index (Phi) is 37.4. The summed E-state index contributed by atoms with van der Waals surface area (Å²) in [6, 6.07) is 3.20. The van der Waals surface area contributed by atoms with Crippen LogP contribution < -0.4 is 27.8 Å². The summed E-state index contributed by atoms with van der Waals surface area (Å²) in [5.41, 5.74) is 23.5. The fourth-order valence-corrected chi connectivity index (χ4v) is 15.1. The first-order valence-corrected chi connectivity index (χ1v) is 41.5. The Bertz CT molecular complexity index is 4240. The SMILES string of the molecule is CO[C@H]1C[C@@H]2CC[C@@H](C)[C@@](O)(O2)C(=O)C(=O)N2CCCC[C@H]2C(=O)O[C@H]([C@H](N)C[C@@H]2CC[C@@H](OC(=O)NCc3cn(CCOCCOCCOCCOCCOCCOCCC(=O)NCCCCn4nc(-c5ccc6oc(N)nc6c5)c5c(N)ncnc54)nn3)[C@H](O)C2)CC(=O)[C@H](C)/C=C(\C)[C@@H](O)[C@@H](O)C(=O)[C@H](C)C[C@H](C)/C=C/C=C/C=C/1C. The van der Waals surface area contributed by atoms with Crippen molar-refractivity contribution < 1.29 is 106 Å². The van der Waals surface area contributed by atoms with Gasteiger partial charge in [-0.15, -0.1) is 5.10 Å². The number of fused-ring (bicyclic) bond motifs is 5. The number of hydrogen-bond acceptors (Lipinski definition) is 31. The van der Waals surface area contributed by atoms with Crippen molar-refractivity contribution in [1.82, 2.24) is 55.3 Å². The highest BCUT2D eigenvalue weighted by Gasteiger charge is 2.53. The molecule has 0 radical (unpaired) electrons. The number of unbranched alkanes of at least 4 members (excludes halogenated alkanes) is 1. The molecule has 9 rings (SSSR count). The first-order chi connectivity index (χ1) is 57.2. The van der Waals surface area contributed by atoms with Gasteiger partial charge in [0.2, 0.25) is 11.7 Å². The Balaban J connectivity index is 0.622. The van der Waals surface area contributed by atoms with Gasteiger partial charge in [-0.3, -0.25) is 24.0 Å². The van der Waals surface area contributed by atoms with E-state index in [9.17, 15) is 54.0 Å². The van der Waals surface area contributed by atoms with Gasteiger partial charge in [0.15, 0.2) is 17.0 Å². The number of aliphatic hydroxyl groups is 4. The normalized spacial score (nSPS) is 27.4. The molecule has 3 fully saturated rings. The second-order valence-corrected chi connectivity index (χ2v) is 31.3. The number of ether oxygens (including phenoxy) is 10. The zero-order chi connectivity index (χ0) is 85.5. The van der Waals surface area contributed by atoms with E-state index in [0.29, 0.717) is 170 Å². The monoisotopic (exact) mass is 1670 g/mol. The van der Waals surface area contributed by atoms with Gasteiger partial charge in [0.05, 0.1) is 122 Å². The van der Waals surface area contributed by atoms with Crippen molar-refractivity contribution in [3.05, 3.63) is 84.0 Å². The van der Waals surface area contributed by atoms with Crippen LogP contribution in [-0.2, 0) is 95.8 Å². The van der Waals surface area contributed by atoms with E-state index in [2.05, 4.69) is 35.9 Å². The molecule has 15 atom stereocenters. The number of carbonyl (C=O) groups excluding carboxylic acids is 7. The van der Waals surface area contributed by atoms with Gasteiger partial charge in [0, 0.05) is 75.4 Å². The molecule has 1 saturated carbocycles. The predicted octanol–water partition coefficient (Wildman–Crippen LogP) is 5.29. The molecule has 0 unspecified atom stereocenters. The maximum absolute atomic E-state index is 14.6. The number of ketones is 3. The Hall–Kier alpha value is -8.89. The zero-order valence-electron chi connectivity index (χ0n) is 69.5. The van der Waals surface area contributed by atoms with Gasteiger partial charge >= 0.3 is 12.1 Å². The van der Waals surface area contributed by atoms with Crippen molar-refractivity contribution in [3.8, 4) is 11.3 Å². The smallest absolute Gasteiger partial charge is 0.407 e. The van der Waals surface area contributed by atoms with Gasteiger partial charge in [-0.25, -0.2) is 28.9 Å². The molecule has 0 spiro atoms. The number of nitrogens with one attached hydrogen (secondary N) is 2. The summed E-state index contributed by atoms with van der Waals surface area (Å²) in [5, 5.41) is 65.2. The molecule has 656 valence electrons. The Morgan fingerprint density at radius 2 is 1.48 bits per heavy atom. The molecular formula is C83H122N14O22. The number of rotatable bonds is 34. The maximum atomic E-state index is 14.6. The highest BCUT2D eigenvalue weighted by atomic mass is 16.6. The minimum Gasteiger partial charge on any atom is -0.459 e. The number of esters is 1. The first-order valence-electron chi connectivity index (χ1n) is 41.5. The number of benzene rings is 1. The van der Waals surface area contributed by atoms with Crippen LogP contribution in [0.25, 0.3) is 33.4 Å². The topological polar surface area (TPSA) is 498 Å². The van der Waals surface area contributed by atoms with Crippen LogP contribution in [0.4, 0.5) is 16.6 Å². The molecule has 36 heteroatoms. The van der Waals surface area contributed by atoms with E-state index in [1.807, 2.05) is 56.4 Å². The zero-order valence-corrected chi connectivity index (χ0v) is 69.5. The summed E-state index contributed by atoms with van der Waals surface area (Å²) >= 11 is 0. The molecule has 4 aliphatic rings. The highest BCUT2D eigenvalue weighted by Crippen LogP contribution is 2.38. The van der Waals surface area contributed by atoms with Gasteiger partial charge < -0.3 is 105 Å². The number of amides is 3. The van der Waals surface area contributed by atoms with Crippen LogP contribution in [0.5, 0.6) is 0 Å². The number of nitrogens with zero attached hydrogens (tertiary/aromatic N) is 9. The van der Waals surface area contributed by atoms with Crippen LogP contribution in [0.15, 0.2) is 82.7 Å². The third-order valence-corrected chi connectivity index (χ3v) is 22.1. The highest BCUT2D eigenvalue weighted by molar-refractivity contribution is 6.39. The molecule has 2 saturated heterocycles. The number of aryl methyl sites for hydroxylation is 1. The van der Waals surface area contributed by atoms with Gasteiger partial charge in [-0.1, -0.05) is 69.4 Å². The van der Waals surface area contributed by atoms with E-state index < -0.39 is 120 Å². The maximum Gasteiger partial charge on any atom is 0.407 e. The number of oxazole rings is 1. The molecule has 119 heavy (non-hydrogen) atoms. The van der Waals surface area contributed by atoms with Crippen LogP contribution in [-0.4, -0.2) is 266 Å². The second kappa shape index (κ2) is 47.4. The molecule has 5 aromatic rings. The van der Waals surface area contributed by atoms with Crippen molar-refractivity contribution in [3.63, 3.8) is 0 Å². The fourth-order valence-electron chi connectivity index (χ4n) is 15.1. The van der Waals surface area contributed by atoms with Gasteiger partial charge in [-0.2, -0.15) is 10.1 Å². The average molecular weight is 1670 g/mol. The molecule has 1 aliphatic carbocycles. The van der Waals surface area contributed by atoms with Crippen LogP contribution in [0.3, 0.4) is 0 Å². The molecule has 3 amide bonds. The number of nitrogens with two attached hydrogens (primary N) is 3. The average Bonchev–Trinajstić information content (AvgIpc) is 1.74. The number of aromatic nitrogens is 8. The van der Waals surface area contributed by atoms with E-state index in [1.165, 1.54) is 19.3 Å². The van der Waals surface area contributed by atoms with Gasteiger partial charge in [0.25, 0.3) is 17.7 Å². The Morgan fingerprint density at radius 1 is 0.773 bits per heavy atom. The Labute approximate surface area is 692 Å². The summed E-state index contributed by atoms with van der Waals surface area (Å²) in [6.45, 7) is 15.8. The van der Waals surface area contributed by atoms with Crippen molar-refractivity contribution in [1.29, 1.82) is 0 Å². The molecule has 36 nitrogen and oxygen atoms in total. The summed E-state index contributed by atoms with van der Waals surface area (Å²) in [5.74, 6) is -9.43. The predicted molar refractivity (Wildman–Crippen MR) is 434 cm³/mol. The van der Waals surface area contributed by atoms with Gasteiger partial charge in [0.1, 0.15) is 65.3 Å². The number of cyclic esters (lactones) is 1. The lowest BCUT2D eigenvalue weighted by atomic mass is 9.80. The third-order valence-electron chi connectivity index (χ3n) is 22.1. The van der Waals surface area contributed by atoms with E-state index in [-0.39, 0.29) is 87.6 Å². The van der Waals surface area contributed by atoms with Crippen molar-refractivity contribution in [2.45, 2.75) is 218 Å². The number of piperidine rings is 1. The summed E-state index contributed by atoms with van der Waals surface area (Å²) in [6.07, 6.45) is 9.60. The fraction of sp³-hybridized carbons (Fsp3) is 0.651. The number of allylic oxidation sites excluding steroid dienone is 6. The molecule has 1 aromatic carbocycles. The lowest BCUT2D eigenvalue weighted by Gasteiger charge is -2.42. The number of hydrogen-bond donors (Lipinski definition) is 9. The molecular weight excluding hydrogens is 1540 g/mol. The lowest BCUT2D eigenvalue weighted by molar-refractivity contribution is -0.265. The third kappa shape index (κ3) is 28.1. The van der Waals surface area contributed by atoms with Gasteiger partial charge in [-0.05, 0) is 132 Å². The van der Waals surface area contributed by atoms with E-state index in [4.69, 9.17) is 74.1 Å². The van der Waals surface area contributed by atoms with Crippen LogP contribution in [0.2, 0.25) is 0 Å². The quantitative estimate of drug-likeness (QED) is 0.0109. The summed E-state index contributed by atoms with van der Waals surface area (Å²) < 4.78 is 66.2. The number of carbonyl (C=O) groups is 7. The van der Waals surface area contributed by atoms with E-state index in [1.54, 1.807) is 49.5 Å². The number of anilines is 2. The standard InChI is InChI=1S/C83H122N14O22/c1-51-15-9-8-10-16-52(2)68(109-7)46-60-21-18-56(6)83(108,119-60)76(104)79(105)96-26-13-11-17-63(96)80(106)116-69(47-64(98)53(3)42-55(5)74(102)75(103)73(101)54(4)41-51)61(84)43-57-19-22-67(65(99)44-57)118-82(107)88-48-59-49-95(94-92-59)28-30-111-32-34-113-36-38-115-40-39-114-37-35-112-33-31-110-29-24-70(100)87-25-12-14-27-97-78-71(77(85)89-50-90-78)72(93-97)58-20-23-66-62(45-58)91-81(86)117-66/h8-10,15-16,20,23,42,45,49-51,53-54,56-57,60-61,63,65,67-69,74-75,99,102-103,108H,11-14,17-19,21-22,24-41,43-44,46-48,84H2,1-7H3,(H2,86,91)(H,87,100)(H,88,107)(H2,85,89,90)/b10-8+,15-9+,52-16+,55-42+/t51-,53-,54-,56-,57+,60+,61-,63+,65-,67-,68+,69+,74-,75+,83-/m1/s1. The molecule has 4 aromatic heterocycles. The van der Waals surface area contributed by atoms with Crippen molar-refractivity contribution >= 4 is 75.2 Å². The number of alkyl carbamates (subject to hydrolysis) is 1. The largest absolute Gasteiger partial charge is 0.459 e. The number of methoxy groups -OCH3 is 1. The molecule has 12 N–H and O–H groups in total. The van der Waals surface area contributed by atoms with Crippen LogP contribution >= 0.6 is 0 Å². The first kappa shape index (κ1) is 94.0. The van der Waals surface area contributed by atoms with Crippen molar-refractivity contribution in [2.24, 2.45) is 35.3 Å². The molecule has 3 aliphatic heterocycles. The number of aliphatic hydroxyl groups excluding tert-OH is 3. The molecule has 2 bridgehead atoms. The number of nitrogen functional groups attached to an aromatic ring is 2. The van der Waals surface area contributed by atoms with Crippen LogP contribution in [0.1, 0.15) is 144 Å².